The Labute approximate surface area is 206 Å². The van der Waals surface area contributed by atoms with Gasteiger partial charge in [0.05, 0.1) is 5.56 Å². The Morgan fingerprint density at radius 3 is 2.03 bits per heavy atom. The number of hydrogen-bond donors (Lipinski definition) is 1. The summed E-state index contributed by atoms with van der Waals surface area (Å²) in [5.41, 5.74) is 3.28. The number of piperazine rings is 1. The molecule has 0 unspecified atom stereocenters. The largest absolute Gasteiger partial charge is 0.509 e. The van der Waals surface area contributed by atoms with Crippen LogP contribution in [0.4, 0.5) is 23.4 Å². The van der Waals surface area contributed by atoms with Gasteiger partial charge in [0.2, 0.25) is 0 Å². The first-order chi connectivity index (χ1) is 17.2. The molecule has 0 spiro atoms. The average Bonchev–Trinajstić information content (AvgIpc) is 3.20. The Morgan fingerprint density at radius 1 is 0.889 bits per heavy atom. The lowest BCUT2D eigenvalue weighted by Gasteiger charge is -2.36. The maximum Gasteiger partial charge on any atom is 0.509 e. The summed E-state index contributed by atoms with van der Waals surface area (Å²) in [6, 6.07) is 18.9. The first-order valence-electron chi connectivity index (χ1n) is 11.7. The van der Waals surface area contributed by atoms with Crippen LogP contribution in [0.2, 0.25) is 0 Å². The van der Waals surface area contributed by atoms with Gasteiger partial charge in [-0.1, -0.05) is 60.7 Å². The van der Waals surface area contributed by atoms with Gasteiger partial charge in [0.15, 0.2) is 0 Å². The summed E-state index contributed by atoms with van der Waals surface area (Å²) in [5.74, 6) is -1.49. The van der Waals surface area contributed by atoms with Crippen molar-refractivity contribution in [2.24, 2.45) is 0 Å². The number of carbonyl (C=O) groups is 2. The van der Waals surface area contributed by atoms with Gasteiger partial charge in [-0.25, -0.2) is 9.59 Å². The molecule has 6 nitrogen and oxygen atoms in total. The molecule has 1 fully saturated rings. The number of carbonyl (C=O) groups excluding carboxylic acids is 1. The number of aromatic carboxylic acids is 1. The first-order valence-corrected chi connectivity index (χ1v) is 11.7. The molecule has 1 saturated heterocycles. The summed E-state index contributed by atoms with van der Waals surface area (Å²) in [6.45, 7) is -4.14. The van der Waals surface area contributed by atoms with Gasteiger partial charge in [0.25, 0.3) is 0 Å². The highest BCUT2D eigenvalue weighted by atomic mass is 19.4. The van der Waals surface area contributed by atoms with E-state index >= 15 is 0 Å². The van der Waals surface area contributed by atoms with Crippen LogP contribution in [-0.2, 0) is 4.74 Å². The average molecular weight is 495 g/mol. The Balaban J connectivity index is 1.24. The number of ether oxygens (including phenoxy) is 1. The lowest BCUT2D eigenvalue weighted by Crippen LogP contribution is -2.49. The minimum Gasteiger partial charge on any atom is -0.478 e. The fourth-order valence-corrected chi connectivity index (χ4v) is 4.96. The normalized spacial score (nSPS) is 15.4. The van der Waals surface area contributed by atoms with E-state index < -0.39 is 30.1 Å². The van der Waals surface area contributed by atoms with E-state index in [2.05, 4.69) is 12.1 Å². The first kappa shape index (κ1) is 23.8. The summed E-state index contributed by atoms with van der Waals surface area (Å²) in [6.07, 6.45) is -0.477. The molecular weight excluding hydrogens is 472 g/mol. The van der Waals surface area contributed by atoms with Crippen molar-refractivity contribution in [2.75, 3.05) is 37.7 Å². The number of nitrogens with zero attached hydrogens (tertiary/aromatic N) is 2. The predicted octanol–water partition coefficient (Wildman–Crippen LogP) is 4.51. The van der Waals surface area contributed by atoms with Gasteiger partial charge >= 0.3 is 19.0 Å². The molecule has 1 aliphatic heterocycles. The molecule has 3 aromatic carbocycles. The highest BCUT2D eigenvalue weighted by Gasteiger charge is 2.31. The molecule has 5 rings (SSSR count). The number of amides is 1. The molecule has 1 amide bonds. The standard InChI is InChI=1S/C26H23BF3N2O4/c28-27(29,30)18-13-17(25(33)34)14-19(15-18)31-9-11-32(12-10-31)26(35)36-16-24-22-7-3-1-5-20(22)21-6-2-4-8-23(21)24/h1-8,13-15,24H,9-12,16H2,(H,33,34)/q-1. The number of carboxylic acid groups (broad SMARTS) is 1. The van der Waals surface area contributed by atoms with Crippen LogP contribution in [-0.4, -0.2) is 61.8 Å². The van der Waals surface area contributed by atoms with Crippen molar-refractivity contribution in [1.29, 1.82) is 0 Å². The highest BCUT2D eigenvalue weighted by Crippen LogP contribution is 2.44. The fraction of sp³-hybridized carbons (Fsp3) is 0.231. The van der Waals surface area contributed by atoms with Crippen molar-refractivity contribution in [3.05, 3.63) is 83.4 Å². The summed E-state index contributed by atoms with van der Waals surface area (Å²) in [4.78, 5) is 27.3. The third kappa shape index (κ3) is 4.50. The van der Waals surface area contributed by atoms with Crippen molar-refractivity contribution < 1.29 is 32.4 Å². The topological polar surface area (TPSA) is 70.1 Å². The molecular formula is C26H23BF3N2O4-. The minimum atomic E-state index is -5.35. The van der Waals surface area contributed by atoms with Gasteiger partial charge in [0.1, 0.15) is 6.61 Å². The van der Waals surface area contributed by atoms with Gasteiger partial charge < -0.3 is 32.6 Å². The maximum absolute atomic E-state index is 13.3. The second kappa shape index (κ2) is 9.25. The molecule has 2 aliphatic rings. The number of fused-ring (bicyclic) bond motifs is 3. The zero-order chi connectivity index (χ0) is 25.4. The smallest absolute Gasteiger partial charge is 0.478 e. The Morgan fingerprint density at radius 2 is 1.47 bits per heavy atom. The maximum atomic E-state index is 13.3. The second-order valence-corrected chi connectivity index (χ2v) is 8.97. The summed E-state index contributed by atoms with van der Waals surface area (Å²) >= 11 is 0. The SMILES string of the molecule is O=C(O)c1cc(N2CCN(C(=O)OCC3c4ccccc4-c4ccccc43)CC2)cc([B-](F)(F)F)c1. The van der Waals surface area contributed by atoms with Crippen molar-refractivity contribution in [3.8, 4) is 11.1 Å². The van der Waals surface area contributed by atoms with Crippen LogP contribution >= 0.6 is 0 Å². The zero-order valence-electron chi connectivity index (χ0n) is 19.2. The van der Waals surface area contributed by atoms with Crippen molar-refractivity contribution in [3.63, 3.8) is 0 Å². The van der Waals surface area contributed by atoms with E-state index in [4.69, 9.17) is 4.74 Å². The van der Waals surface area contributed by atoms with Gasteiger partial charge in [-0.3, -0.25) is 0 Å². The minimum absolute atomic E-state index is 0.0657. The quantitative estimate of drug-likeness (QED) is 0.528. The molecule has 186 valence electrons. The number of hydrogen-bond acceptors (Lipinski definition) is 4. The van der Waals surface area contributed by atoms with Gasteiger partial charge in [-0.2, -0.15) is 0 Å². The number of benzene rings is 3. The molecule has 0 radical (unpaired) electrons. The fourth-order valence-electron chi connectivity index (χ4n) is 4.96. The van der Waals surface area contributed by atoms with Crippen LogP contribution in [0, 0.1) is 0 Å². The second-order valence-electron chi connectivity index (χ2n) is 8.97. The predicted molar refractivity (Wildman–Crippen MR) is 131 cm³/mol. The molecule has 0 atom stereocenters. The Hall–Kier alpha value is -3.95. The van der Waals surface area contributed by atoms with Crippen LogP contribution in [0.25, 0.3) is 11.1 Å². The number of anilines is 1. The molecule has 1 aliphatic carbocycles. The summed E-state index contributed by atoms with van der Waals surface area (Å²) in [7, 11) is 0. The van der Waals surface area contributed by atoms with Crippen molar-refractivity contribution in [2.45, 2.75) is 5.92 Å². The third-order valence-corrected chi connectivity index (χ3v) is 6.80. The van der Waals surface area contributed by atoms with Crippen LogP contribution in [0.1, 0.15) is 27.4 Å². The number of carboxylic acids is 1. The number of halogens is 3. The van der Waals surface area contributed by atoms with Crippen LogP contribution in [0.15, 0.2) is 66.7 Å². The molecule has 10 heteroatoms. The van der Waals surface area contributed by atoms with E-state index in [1.165, 1.54) is 11.0 Å². The van der Waals surface area contributed by atoms with E-state index in [-0.39, 0.29) is 44.4 Å². The molecule has 1 N–H and O–H groups in total. The molecule has 3 aromatic rings. The number of rotatable bonds is 5. The van der Waals surface area contributed by atoms with E-state index in [1.807, 2.05) is 36.4 Å². The molecule has 36 heavy (non-hydrogen) atoms. The van der Waals surface area contributed by atoms with E-state index in [9.17, 15) is 27.6 Å². The molecule has 0 bridgehead atoms. The molecule has 0 saturated carbocycles. The van der Waals surface area contributed by atoms with Gasteiger partial charge in [-0.05, 0) is 28.3 Å². The van der Waals surface area contributed by atoms with E-state index in [0.29, 0.717) is 6.07 Å². The Kier molecular flexibility index (Phi) is 6.11. The highest BCUT2D eigenvalue weighted by molar-refractivity contribution is 6.73. The zero-order valence-corrected chi connectivity index (χ0v) is 19.2. The molecule has 1 heterocycles. The van der Waals surface area contributed by atoms with Gasteiger partial charge in [-0.15, -0.1) is 5.46 Å². The van der Waals surface area contributed by atoms with E-state index in [1.54, 1.807) is 4.90 Å². The van der Waals surface area contributed by atoms with Crippen molar-refractivity contribution >= 4 is 30.2 Å². The van der Waals surface area contributed by atoms with E-state index in [0.717, 1.165) is 28.3 Å². The van der Waals surface area contributed by atoms with Crippen molar-refractivity contribution in [1.82, 2.24) is 4.90 Å². The lowest BCUT2D eigenvalue weighted by molar-refractivity contribution is 0.0697. The third-order valence-electron chi connectivity index (χ3n) is 6.80. The summed E-state index contributed by atoms with van der Waals surface area (Å²) in [5, 5.41) is 9.24. The van der Waals surface area contributed by atoms with Crippen LogP contribution in [0.3, 0.4) is 0 Å². The monoisotopic (exact) mass is 495 g/mol. The van der Waals surface area contributed by atoms with Crippen LogP contribution < -0.4 is 10.4 Å². The lowest BCUT2D eigenvalue weighted by atomic mass is 9.79. The Bertz CT molecular complexity index is 1280. The molecule has 0 aromatic heterocycles. The van der Waals surface area contributed by atoms with Gasteiger partial charge in [0, 0.05) is 37.8 Å². The summed E-state index contributed by atoms with van der Waals surface area (Å²) < 4.78 is 45.7. The van der Waals surface area contributed by atoms with Crippen LogP contribution in [0.5, 0.6) is 0 Å².